The van der Waals surface area contributed by atoms with Gasteiger partial charge in [-0.15, -0.1) is 0 Å². The summed E-state index contributed by atoms with van der Waals surface area (Å²) in [4.78, 5) is 32.5. The number of anilines is 1. The molecule has 0 unspecified atom stereocenters. The summed E-state index contributed by atoms with van der Waals surface area (Å²) in [6.45, 7) is 8.04. The molecular formula is C39H53ClN4O6S. The first-order valence-electron chi connectivity index (χ1n) is 18.4. The van der Waals surface area contributed by atoms with Gasteiger partial charge < -0.3 is 19.3 Å². The zero-order valence-corrected chi connectivity index (χ0v) is 32.0. The van der Waals surface area contributed by atoms with Crippen molar-refractivity contribution in [2.75, 3.05) is 58.3 Å². The molecule has 5 atom stereocenters. The fourth-order valence-corrected chi connectivity index (χ4v) is 9.58. The lowest BCUT2D eigenvalue weighted by Crippen LogP contribution is -2.54. The minimum Gasteiger partial charge on any atom is -0.487 e. The SMILES string of the molecule is CO[C@]1(CCN2CCN(C)C(=O)C2)/C=C/C[C@H](C)[C@@H](C)S(=O)(=O)NC(=O)c2ccc3c(c2)N(CCCCc2cc(Cl)ccc2CO3)C[C@@H]2CC[C@H]21. The summed E-state index contributed by atoms with van der Waals surface area (Å²) in [7, 11) is -0.341. The highest BCUT2D eigenvalue weighted by Crippen LogP contribution is 2.48. The molecule has 0 radical (unpaired) electrons. The van der Waals surface area contributed by atoms with Crippen molar-refractivity contribution in [3.63, 3.8) is 0 Å². The predicted molar refractivity (Wildman–Crippen MR) is 201 cm³/mol. The van der Waals surface area contributed by atoms with Crippen molar-refractivity contribution in [2.24, 2.45) is 17.8 Å². The van der Waals surface area contributed by atoms with Crippen LogP contribution in [0.25, 0.3) is 0 Å². The van der Waals surface area contributed by atoms with E-state index in [4.69, 9.17) is 21.1 Å². The Morgan fingerprint density at radius 1 is 1.04 bits per heavy atom. The van der Waals surface area contributed by atoms with Crippen molar-refractivity contribution in [1.29, 1.82) is 0 Å². The largest absolute Gasteiger partial charge is 0.487 e. The summed E-state index contributed by atoms with van der Waals surface area (Å²) in [5.41, 5.74) is 2.72. The van der Waals surface area contributed by atoms with Gasteiger partial charge in [0.25, 0.3) is 5.91 Å². The number of hydrogen-bond acceptors (Lipinski definition) is 8. The summed E-state index contributed by atoms with van der Waals surface area (Å²) in [6.07, 6.45) is 10.3. The van der Waals surface area contributed by atoms with E-state index in [9.17, 15) is 18.0 Å². The van der Waals surface area contributed by atoms with Crippen LogP contribution in [0.1, 0.15) is 73.9 Å². The number of methoxy groups -OCH3 is 1. The lowest BCUT2D eigenvalue weighted by Gasteiger charge is -2.50. The van der Waals surface area contributed by atoms with E-state index in [2.05, 4.69) is 26.7 Å². The second kappa shape index (κ2) is 15.9. The van der Waals surface area contributed by atoms with E-state index < -0.39 is 26.8 Å². The van der Waals surface area contributed by atoms with Gasteiger partial charge in [-0.1, -0.05) is 36.7 Å². The van der Waals surface area contributed by atoms with Gasteiger partial charge in [-0.25, -0.2) is 13.1 Å². The number of sulfonamides is 1. The number of likely N-dealkylation sites (N-methyl/N-ethyl adjacent to an activating group) is 1. The molecule has 2 bridgehead atoms. The Bertz CT molecular complexity index is 1740. The molecule has 1 N–H and O–H groups in total. The van der Waals surface area contributed by atoms with Crippen LogP contribution in [0, 0.1) is 17.8 Å². The zero-order chi connectivity index (χ0) is 36.3. The van der Waals surface area contributed by atoms with Crippen molar-refractivity contribution < 1.29 is 27.5 Å². The minimum atomic E-state index is -3.98. The zero-order valence-electron chi connectivity index (χ0n) is 30.4. The molecule has 51 heavy (non-hydrogen) atoms. The Morgan fingerprint density at radius 3 is 2.61 bits per heavy atom. The molecule has 0 spiro atoms. The number of fused-ring (bicyclic) bond motifs is 3. The van der Waals surface area contributed by atoms with Crippen LogP contribution in [0.15, 0.2) is 48.6 Å². The Labute approximate surface area is 308 Å². The number of carbonyl (C=O) groups is 2. The van der Waals surface area contributed by atoms with Crippen molar-refractivity contribution in [2.45, 2.75) is 76.3 Å². The molecule has 2 amide bonds. The number of aryl methyl sites for hydroxylation is 1. The van der Waals surface area contributed by atoms with Gasteiger partial charge in [0.15, 0.2) is 0 Å². The van der Waals surface area contributed by atoms with Gasteiger partial charge in [0.05, 0.1) is 23.1 Å². The van der Waals surface area contributed by atoms with Crippen LogP contribution in [-0.4, -0.2) is 94.3 Å². The summed E-state index contributed by atoms with van der Waals surface area (Å²) in [6, 6.07) is 11.2. The van der Waals surface area contributed by atoms with E-state index in [0.717, 1.165) is 76.0 Å². The van der Waals surface area contributed by atoms with Crippen molar-refractivity contribution in [1.82, 2.24) is 14.5 Å². The van der Waals surface area contributed by atoms with Crippen LogP contribution in [0.2, 0.25) is 5.02 Å². The first-order chi connectivity index (χ1) is 24.4. The molecule has 1 aliphatic carbocycles. The number of nitrogens with one attached hydrogen (secondary N) is 1. The summed E-state index contributed by atoms with van der Waals surface area (Å²) >= 11 is 6.38. The van der Waals surface area contributed by atoms with Crippen molar-refractivity contribution in [3.05, 3.63) is 70.3 Å². The van der Waals surface area contributed by atoms with Gasteiger partial charge >= 0.3 is 0 Å². The standard InChI is InChI=1S/C39H53ClN4O6S/c1-27-8-7-16-39(49-4,17-19-43-21-20-42(3)37(45)25-43)34-14-11-31(34)24-44-18-6-5-9-29-22-33(40)13-10-32(29)26-50-36-15-12-30(23-35(36)44)38(46)41-51(47,48)28(27)2/h7,10,12-13,15-16,22-23,27-28,31,34H,5-6,8-9,11,14,17-21,24-26H2,1-4H3,(H,41,46)/b16-7+/t27-,28+,31-,34+,39-/m0/s1. The number of amides is 2. The molecule has 12 heteroatoms. The van der Waals surface area contributed by atoms with Crippen LogP contribution >= 0.6 is 11.6 Å². The topological polar surface area (TPSA) is 108 Å². The number of allylic oxidation sites excluding steroid dienone is 1. The molecule has 2 aromatic carbocycles. The number of piperazine rings is 1. The third-order valence-electron chi connectivity index (χ3n) is 11.9. The molecule has 3 heterocycles. The normalized spacial score (nSPS) is 29.7. The highest BCUT2D eigenvalue weighted by atomic mass is 35.5. The lowest BCUT2D eigenvalue weighted by molar-refractivity contribution is -0.135. The molecule has 3 aliphatic heterocycles. The lowest BCUT2D eigenvalue weighted by atomic mass is 9.63. The monoisotopic (exact) mass is 740 g/mol. The number of hydrogen-bond donors (Lipinski definition) is 1. The predicted octanol–water partition coefficient (Wildman–Crippen LogP) is 5.68. The summed E-state index contributed by atoms with van der Waals surface area (Å²) < 4.78 is 42.5. The van der Waals surface area contributed by atoms with E-state index in [-0.39, 0.29) is 23.3 Å². The highest BCUT2D eigenvalue weighted by molar-refractivity contribution is 7.90. The Balaban J connectivity index is 1.37. The maximum absolute atomic E-state index is 13.6. The summed E-state index contributed by atoms with van der Waals surface area (Å²) in [5, 5.41) is -0.104. The third-order valence-corrected chi connectivity index (χ3v) is 14.1. The van der Waals surface area contributed by atoms with Gasteiger partial charge in [-0.2, -0.15) is 0 Å². The quantitative estimate of drug-likeness (QED) is 0.399. The molecule has 1 saturated heterocycles. The van der Waals surface area contributed by atoms with Gasteiger partial charge in [0, 0.05) is 57.5 Å². The van der Waals surface area contributed by atoms with Crippen molar-refractivity contribution in [3.8, 4) is 5.75 Å². The number of benzene rings is 2. The average molecular weight is 741 g/mol. The van der Waals surface area contributed by atoms with E-state index in [0.29, 0.717) is 42.8 Å². The number of halogens is 1. The van der Waals surface area contributed by atoms with Gasteiger partial charge in [0.1, 0.15) is 12.4 Å². The maximum Gasteiger partial charge on any atom is 0.264 e. The van der Waals surface area contributed by atoms with Gasteiger partial charge in [-0.05, 0) is 111 Å². The van der Waals surface area contributed by atoms with E-state index in [1.165, 1.54) is 5.56 Å². The maximum atomic E-state index is 13.6. The smallest absolute Gasteiger partial charge is 0.264 e. The van der Waals surface area contributed by atoms with E-state index in [1.807, 2.05) is 32.2 Å². The fraction of sp³-hybridized carbons (Fsp3) is 0.590. The average Bonchev–Trinajstić information content (AvgIpc) is 3.12. The molecule has 2 fully saturated rings. The molecular weight excluding hydrogens is 688 g/mol. The molecule has 10 nitrogen and oxygen atoms in total. The van der Waals surface area contributed by atoms with Crippen LogP contribution < -0.4 is 14.4 Å². The van der Waals surface area contributed by atoms with E-state index >= 15 is 0 Å². The van der Waals surface area contributed by atoms with Gasteiger partial charge in [0.2, 0.25) is 15.9 Å². The Morgan fingerprint density at radius 2 is 1.86 bits per heavy atom. The second-order valence-corrected chi connectivity index (χ2v) is 17.5. The molecule has 1 saturated carbocycles. The third kappa shape index (κ3) is 8.42. The first-order valence-corrected chi connectivity index (χ1v) is 20.4. The number of carbonyl (C=O) groups excluding carboxylic acids is 2. The van der Waals surface area contributed by atoms with Gasteiger partial charge in [-0.3, -0.25) is 14.5 Å². The van der Waals surface area contributed by atoms with Crippen LogP contribution in [0.5, 0.6) is 5.75 Å². The van der Waals surface area contributed by atoms with Crippen LogP contribution in [0.4, 0.5) is 5.69 Å². The highest BCUT2D eigenvalue weighted by Gasteiger charge is 2.47. The number of rotatable bonds is 4. The second-order valence-electron chi connectivity index (χ2n) is 15.0. The Hall–Kier alpha value is -3.12. The molecule has 2 aromatic rings. The first kappa shape index (κ1) is 37.6. The van der Waals surface area contributed by atoms with Crippen LogP contribution in [-0.2, 0) is 32.6 Å². The molecule has 0 aromatic heterocycles. The number of ether oxygens (including phenoxy) is 2. The minimum absolute atomic E-state index is 0.130. The van der Waals surface area contributed by atoms with E-state index in [1.54, 1.807) is 37.1 Å². The van der Waals surface area contributed by atoms with Crippen LogP contribution in [0.3, 0.4) is 0 Å². The molecule has 6 rings (SSSR count). The van der Waals surface area contributed by atoms with Crippen molar-refractivity contribution >= 4 is 39.1 Å². The summed E-state index contributed by atoms with van der Waals surface area (Å²) in [5.74, 6) is 0.400. The number of nitrogens with zero attached hydrogens (tertiary/aromatic N) is 3. The fourth-order valence-electron chi connectivity index (χ4n) is 8.10. The molecule has 278 valence electrons. The molecule has 4 aliphatic rings. The Kier molecular flexibility index (Phi) is 11.7.